The number of hydrogen-bond acceptors (Lipinski definition) is 2. The van der Waals surface area contributed by atoms with Gasteiger partial charge in [-0.15, -0.1) is 0 Å². The minimum Gasteiger partial charge on any atom is -0.456 e. The number of para-hydroxylation sites is 3. The van der Waals surface area contributed by atoms with Crippen LogP contribution in [0, 0.1) is 0 Å². The van der Waals surface area contributed by atoms with Crippen molar-refractivity contribution in [3.8, 4) is 16.8 Å². The van der Waals surface area contributed by atoms with Crippen molar-refractivity contribution in [3.63, 3.8) is 0 Å². The van der Waals surface area contributed by atoms with E-state index >= 15 is 0 Å². The molecular formula is C50H32N2O. The molecule has 3 heteroatoms. The lowest BCUT2D eigenvalue weighted by Crippen LogP contribution is -2.10. The van der Waals surface area contributed by atoms with Gasteiger partial charge in [0, 0.05) is 44.7 Å². The molecule has 248 valence electrons. The Balaban J connectivity index is 1.28. The largest absolute Gasteiger partial charge is 0.456 e. The summed E-state index contributed by atoms with van der Waals surface area (Å²) >= 11 is 0. The molecule has 0 aliphatic rings. The third-order valence-electron chi connectivity index (χ3n) is 10.7. The fourth-order valence-corrected chi connectivity index (χ4v) is 8.43. The molecule has 2 heterocycles. The Hall–Kier alpha value is -7.10. The van der Waals surface area contributed by atoms with Gasteiger partial charge in [0.05, 0.1) is 16.7 Å². The Morgan fingerprint density at radius 3 is 1.89 bits per heavy atom. The average Bonchev–Trinajstić information content (AvgIpc) is 3.78. The van der Waals surface area contributed by atoms with Gasteiger partial charge in [-0.3, -0.25) is 0 Å². The summed E-state index contributed by atoms with van der Waals surface area (Å²) in [7, 11) is 0. The normalized spacial score (nSPS) is 11.8. The summed E-state index contributed by atoms with van der Waals surface area (Å²) in [6.07, 6.45) is 0. The molecule has 0 aliphatic heterocycles. The zero-order valence-electron chi connectivity index (χ0n) is 28.8. The molecule has 9 aromatic carbocycles. The maximum Gasteiger partial charge on any atom is 0.138 e. The van der Waals surface area contributed by atoms with Crippen LogP contribution in [0.1, 0.15) is 0 Å². The van der Waals surface area contributed by atoms with E-state index in [1.54, 1.807) is 0 Å². The van der Waals surface area contributed by atoms with E-state index in [1.165, 1.54) is 48.9 Å². The van der Waals surface area contributed by atoms with Gasteiger partial charge in [-0.1, -0.05) is 127 Å². The van der Waals surface area contributed by atoms with Crippen LogP contribution in [-0.4, -0.2) is 4.57 Å². The first-order chi connectivity index (χ1) is 26.3. The van der Waals surface area contributed by atoms with Gasteiger partial charge in [-0.05, 0) is 93.3 Å². The lowest BCUT2D eigenvalue weighted by atomic mass is 9.93. The van der Waals surface area contributed by atoms with E-state index < -0.39 is 0 Å². The molecule has 53 heavy (non-hydrogen) atoms. The van der Waals surface area contributed by atoms with E-state index in [-0.39, 0.29) is 0 Å². The van der Waals surface area contributed by atoms with Gasteiger partial charge in [0.15, 0.2) is 0 Å². The van der Waals surface area contributed by atoms with Crippen LogP contribution in [0.3, 0.4) is 0 Å². The van der Waals surface area contributed by atoms with Crippen LogP contribution in [0.25, 0.3) is 82.1 Å². The first-order valence-corrected chi connectivity index (χ1v) is 18.1. The maximum atomic E-state index is 6.90. The molecule has 0 N–H and O–H groups in total. The molecule has 0 unspecified atom stereocenters. The van der Waals surface area contributed by atoms with E-state index in [9.17, 15) is 0 Å². The smallest absolute Gasteiger partial charge is 0.138 e. The molecule has 0 fully saturated rings. The third kappa shape index (κ3) is 4.61. The molecule has 2 aromatic heterocycles. The minimum atomic E-state index is 0.856. The first-order valence-electron chi connectivity index (χ1n) is 18.1. The number of nitrogens with zero attached hydrogens (tertiary/aromatic N) is 2. The van der Waals surface area contributed by atoms with E-state index in [0.29, 0.717) is 0 Å². The topological polar surface area (TPSA) is 21.3 Å². The lowest BCUT2D eigenvalue weighted by Gasteiger charge is -2.26. The summed E-state index contributed by atoms with van der Waals surface area (Å²) in [6, 6.07) is 69.7. The second kappa shape index (κ2) is 11.7. The Morgan fingerprint density at radius 1 is 0.358 bits per heavy atom. The second-order valence-corrected chi connectivity index (χ2v) is 13.7. The quantitative estimate of drug-likeness (QED) is 0.181. The highest BCUT2D eigenvalue weighted by Gasteiger charge is 2.23. The number of furan rings is 1. The molecule has 3 nitrogen and oxygen atoms in total. The fraction of sp³-hybridized carbons (Fsp3) is 0. The number of benzene rings is 9. The molecule has 0 spiro atoms. The van der Waals surface area contributed by atoms with E-state index in [2.05, 4.69) is 204 Å². The highest BCUT2D eigenvalue weighted by Crippen LogP contribution is 2.48. The number of fused-ring (bicyclic) bond motifs is 9. The van der Waals surface area contributed by atoms with Crippen LogP contribution in [0.5, 0.6) is 0 Å². The monoisotopic (exact) mass is 676 g/mol. The summed E-state index contributed by atoms with van der Waals surface area (Å²) in [5.74, 6) is 0. The van der Waals surface area contributed by atoms with Crippen molar-refractivity contribution in [3.05, 3.63) is 194 Å². The first kappa shape index (κ1) is 29.6. The SMILES string of the molecule is c1ccc(N(c2ccc3ccccc3c2)c2cc(-c3cccc4c3c3ccccc3n4-c3ccccc3)c3c(c2)oc2ccc4ccccc4c23)cc1. The fourth-order valence-electron chi connectivity index (χ4n) is 8.43. The van der Waals surface area contributed by atoms with Gasteiger partial charge >= 0.3 is 0 Å². The molecule has 0 radical (unpaired) electrons. The van der Waals surface area contributed by atoms with Crippen LogP contribution >= 0.6 is 0 Å². The van der Waals surface area contributed by atoms with Gasteiger partial charge in [0.2, 0.25) is 0 Å². The average molecular weight is 677 g/mol. The summed E-state index contributed by atoms with van der Waals surface area (Å²) in [5, 5.41) is 9.48. The van der Waals surface area contributed by atoms with Crippen molar-refractivity contribution < 1.29 is 4.42 Å². The van der Waals surface area contributed by atoms with Crippen LogP contribution in [0.2, 0.25) is 0 Å². The highest BCUT2D eigenvalue weighted by atomic mass is 16.3. The zero-order chi connectivity index (χ0) is 34.9. The Morgan fingerprint density at radius 2 is 1.04 bits per heavy atom. The van der Waals surface area contributed by atoms with Crippen LogP contribution < -0.4 is 4.90 Å². The second-order valence-electron chi connectivity index (χ2n) is 13.7. The summed E-state index contributed by atoms with van der Waals surface area (Å²) in [6.45, 7) is 0. The van der Waals surface area contributed by atoms with Crippen molar-refractivity contribution in [2.24, 2.45) is 0 Å². The van der Waals surface area contributed by atoms with Crippen LogP contribution in [0.4, 0.5) is 17.1 Å². The number of rotatable bonds is 5. The van der Waals surface area contributed by atoms with E-state index in [1.807, 2.05) is 0 Å². The van der Waals surface area contributed by atoms with E-state index in [4.69, 9.17) is 4.42 Å². The third-order valence-corrected chi connectivity index (χ3v) is 10.7. The van der Waals surface area contributed by atoms with Gasteiger partial charge in [0.25, 0.3) is 0 Å². The number of hydrogen-bond donors (Lipinski definition) is 0. The Labute approximate surface area is 306 Å². The Kier molecular flexibility index (Phi) is 6.55. The number of anilines is 3. The molecule has 11 rings (SSSR count). The van der Waals surface area contributed by atoms with E-state index in [0.717, 1.165) is 50.3 Å². The summed E-state index contributed by atoms with van der Waals surface area (Å²) in [5.41, 5.74) is 10.7. The van der Waals surface area contributed by atoms with Gasteiger partial charge < -0.3 is 13.9 Å². The predicted octanol–water partition coefficient (Wildman–Crippen LogP) is 14.1. The van der Waals surface area contributed by atoms with Gasteiger partial charge in [-0.2, -0.15) is 0 Å². The van der Waals surface area contributed by atoms with Crippen molar-refractivity contribution in [1.29, 1.82) is 0 Å². The van der Waals surface area contributed by atoms with Crippen molar-refractivity contribution in [1.82, 2.24) is 4.57 Å². The lowest BCUT2D eigenvalue weighted by molar-refractivity contribution is 0.669. The standard InChI is InChI=1S/C50H32N2O/c1-3-17-36(18-4-1)51(38-28-26-33-14-7-8-16-35(33)30-38)39-31-43(50-47(32-39)53-46-29-27-34-15-9-10-21-40(34)49(46)50)41-23-13-25-45-48(41)42-22-11-12-24-44(42)52(45)37-19-5-2-6-20-37/h1-32H. The molecule has 0 saturated carbocycles. The van der Waals surface area contributed by atoms with Crippen LogP contribution in [0.15, 0.2) is 199 Å². The highest BCUT2D eigenvalue weighted by molar-refractivity contribution is 6.26. The molecule has 0 bridgehead atoms. The summed E-state index contributed by atoms with van der Waals surface area (Å²) < 4.78 is 9.29. The summed E-state index contributed by atoms with van der Waals surface area (Å²) in [4.78, 5) is 2.36. The number of aromatic nitrogens is 1. The Bertz CT molecular complexity index is 3170. The van der Waals surface area contributed by atoms with Crippen LogP contribution in [-0.2, 0) is 0 Å². The van der Waals surface area contributed by atoms with Crippen molar-refractivity contribution in [2.75, 3.05) is 4.90 Å². The van der Waals surface area contributed by atoms with Crippen molar-refractivity contribution in [2.45, 2.75) is 0 Å². The molecule has 0 atom stereocenters. The molecular weight excluding hydrogens is 645 g/mol. The van der Waals surface area contributed by atoms with Crippen molar-refractivity contribution >= 4 is 82.4 Å². The van der Waals surface area contributed by atoms with Gasteiger partial charge in [0.1, 0.15) is 11.2 Å². The zero-order valence-corrected chi connectivity index (χ0v) is 28.8. The molecule has 0 aliphatic carbocycles. The molecule has 11 aromatic rings. The predicted molar refractivity (Wildman–Crippen MR) is 223 cm³/mol. The molecule has 0 saturated heterocycles. The minimum absolute atomic E-state index is 0.856. The molecule has 0 amide bonds. The van der Waals surface area contributed by atoms with Gasteiger partial charge in [-0.25, -0.2) is 0 Å². The maximum absolute atomic E-state index is 6.90.